The number of likely N-dealkylation sites (N-methyl/N-ethyl adjacent to an activating group) is 2. The number of aldehydes is 1. The molecule has 4 heterocycles. The van der Waals surface area contributed by atoms with Gasteiger partial charge in [0, 0.05) is 30.2 Å². The highest BCUT2D eigenvalue weighted by Crippen LogP contribution is 2.37. The fourth-order valence-electron chi connectivity index (χ4n) is 9.53. The number of esters is 1. The minimum atomic E-state index is -1.46. The van der Waals surface area contributed by atoms with Gasteiger partial charge in [-0.05, 0) is 94.4 Å². The Labute approximate surface area is 358 Å². The molecule has 4 aliphatic rings. The van der Waals surface area contributed by atoms with Crippen molar-refractivity contribution >= 4 is 12.3 Å². The molecule has 0 aliphatic carbocycles. The first-order chi connectivity index (χ1) is 28.1. The average molecular weight is 855 g/mol. The number of carbonyl (C=O) groups is 2. The molecule has 4 N–H and O–H groups in total. The van der Waals surface area contributed by atoms with Gasteiger partial charge >= 0.3 is 5.97 Å². The summed E-state index contributed by atoms with van der Waals surface area (Å²) in [5, 5.41) is 45.1. The lowest BCUT2D eigenvalue weighted by Gasteiger charge is -2.50. The molecule has 0 aromatic rings. The van der Waals surface area contributed by atoms with Crippen molar-refractivity contribution in [3.63, 3.8) is 0 Å². The number of allylic oxidation sites excluding steroid dienone is 2. The van der Waals surface area contributed by atoms with E-state index in [2.05, 4.69) is 17.9 Å². The Morgan fingerprint density at radius 1 is 0.883 bits per heavy atom. The second kappa shape index (κ2) is 22.2. The molecule has 3 fully saturated rings. The number of hydrogen-bond acceptors (Lipinski definition) is 15. The first kappa shape index (κ1) is 50.8. The quantitative estimate of drug-likeness (QED) is 0.185. The molecule has 346 valence electrons. The summed E-state index contributed by atoms with van der Waals surface area (Å²) in [5.41, 5.74) is -0.504. The molecule has 0 spiro atoms. The van der Waals surface area contributed by atoms with Gasteiger partial charge in [0.25, 0.3) is 0 Å². The van der Waals surface area contributed by atoms with Gasteiger partial charge in [-0.1, -0.05) is 51.5 Å². The van der Waals surface area contributed by atoms with Crippen LogP contribution in [0.2, 0.25) is 0 Å². The number of ether oxygens (including phenoxy) is 7. The predicted molar refractivity (Wildman–Crippen MR) is 224 cm³/mol. The summed E-state index contributed by atoms with van der Waals surface area (Å²) in [4.78, 5) is 30.6. The van der Waals surface area contributed by atoms with E-state index in [1.165, 1.54) is 6.92 Å². The maximum Gasteiger partial charge on any atom is 0.308 e. The van der Waals surface area contributed by atoms with Crippen LogP contribution in [-0.4, -0.2) is 168 Å². The molecule has 15 nitrogen and oxygen atoms in total. The van der Waals surface area contributed by atoms with Crippen molar-refractivity contribution in [1.29, 1.82) is 0 Å². The molecule has 20 atom stereocenters. The summed E-state index contributed by atoms with van der Waals surface area (Å²) >= 11 is 0. The maximum absolute atomic E-state index is 13.3. The van der Waals surface area contributed by atoms with Crippen molar-refractivity contribution in [3.8, 4) is 0 Å². The van der Waals surface area contributed by atoms with E-state index in [0.29, 0.717) is 12.8 Å². The van der Waals surface area contributed by atoms with E-state index >= 15 is 0 Å². The lowest BCUT2D eigenvalue weighted by molar-refractivity contribution is -0.341. The molecule has 60 heavy (non-hydrogen) atoms. The number of aliphatic hydroxyl groups excluding tert-OH is 3. The second-order valence-electron chi connectivity index (χ2n) is 18.8. The zero-order valence-corrected chi connectivity index (χ0v) is 38.4. The maximum atomic E-state index is 13.3. The third-order valence-electron chi connectivity index (χ3n) is 13.2. The molecule has 3 saturated heterocycles. The fraction of sp³-hybridized carbons (Fsp3) is 0.867. The van der Waals surface area contributed by atoms with E-state index in [1.807, 2.05) is 53.9 Å². The van der Waals surface area contributed by atoms with Crippen LogP contribution in [-0.2, 0) is 42.7 Å². The minimum absolute atomic E-state index is 0.00677. The van der Waals surface area contributed by atoms with Crippen LogP contribution >= 0.6 is 0 Å². The second-order valence-corrected chi connectivity index (χ2v) is 18.8. The van der Waals surface area contributed by atoms with Gasteiger partial charge in [-0.2, -0.15) is 0 Å². The Hall–Kier alpha value is -1.86. The summed E-state index contributed by atoms with van der Waals surface area (Å²) in [5.74, 6) is -2.55. The number of nitrogens with zero attached hydrogens (tertiary/aromatic N) is 2. The Kier molecular flexibility index (Phi) is 18.8. The van der Waals surface area contributed by atoms with Crippen molar-refractivity contribution in [3.05, 3.63) is 23.8 Å². The SMILES string of the molecule is CCC1OC(=O)CC(O)C(C)C(OC2OC(C)C(OC3CC(C)(O)C(O)C(C)O3)C(N(C)C)C2O)C(C=O)CC(C)C(OC2CCC(N(C)C)C(C)O2)C=CC(C)=CC1C. The first-order valence-electron chi connectivity index (χ1n) is 22.1. The van der Waals surface area contributed by atoms with E-state index in [9.17, 15) is 30.0 Å². The Balaban J connectivity index is 1.66. The lowest BCUT2D eigenvalue weighted by Crippen LogP contribution is -2.65. The molecule has 15 heteroatoms. The van der Waals surface area contributed by atoms with Crippen LogP contribution in [0.1, 0.15) is 101 Å². The normalized spacial score (nSPS) is 45.6. The van der Waals surface area contributed by atoms with Crippen LogP contribution in [0.4, 0.5) is 0 Å². The molecular formula is C45H78N2O13. The van der Waals surface area contributed by atoms with Crippen molar-refractivity contribution < 1.29 is 63.2 Å². The third kappa shape index (κ3) is 12.9. The van der Waals surface area contributed by atoms with Crippen LogP contribution in [0.5, 0.6) is 0 Å². The fourth-order valence-corrected chi connectivity index (χ4v) is 9.53. The number of hydrogen-bond donors (Lipinski definition) is 4. The average Bonchev–Trinajstić information content (AvgIpc) is 3.16. The number of aliphatic hydroxyl groups is 4. The van der Waals surface area contributed by atoms with Crippen LogP contribution in [0.3, 0.4) is 0 Å². The summed E-state index contributed by atoms with van der Waals surface area (Å²) in [7, 11) is 7.67. The molecule has 20 unspecified atom stereocenters. The van der Waals surface area contributed by atoms with E-state index in [0.717, 1.165) is 18.3 Å². The van der Waals surface area contributed by atoms with Crippen molar-refractivity contribution in [2.75, 3.05) is 28.2 Å². The smallest absolute Gasteiger partial charge is 0.308 e. The van der Waals surface area contributed by atoms with E-state index < -0.39 is 103 Å². The summed E-state index contributed by atoms with van der Waals surface area (Å²) in [6, 6.07) is -0.447. The standard InChI is InChI=1S/C45H78N2O13/c1-14-34-25(3)19-24(2)15-17-35(58-37-18-16-32(46(10)11)28(6)54-37)26(4)20-31(23-48)41(27(5)33(49)21-36(50)57-34)60-44-40(51)39(47(12)13)42(29(7)56-44)59-38-22-45(9,53)43(52)30(8)55-38/h15,17,19,23,25-35,37-44,49,51-53H,14,16,18,20-22H2,1-13H3. The lowest BCUT2D eigenvalue weighted by atomic mass is 9.81. The summed E-state index contributed by atoms with van der Waals surface area (Å²) in [6.45, 7) is 16.7. The predicted octanol–water partition coefficient (Wildman–Crippen LogP) is 3.58. The molecule has 0 saturated carbocycles. The molecule has 4 rings (SSSR count). The van der Waals surface area contributed by atoms with Crippen molar-refractivity contribution in [2.24, 2.45) is 23.7 Å². The summed E-state index contributed by atoms with van der Waals surface area (Å²) in [6.07, 6.45) is -1.47. The van der Waals surface area contributed by atoms with E-state index in [4.69, 9.17) is 33.2 Å². The Morgan fingerprint density at radius 2 is 1.55 bits per heavy atom. The van der Waals surface area contributed by atoms with Gasteiger partial charge < -0.3 is 68.2 Å². The van der Waals surface area contributed by atoms with Crippen molar-refractivity contribution in [1.82, 2.24) is 9.80 Å². The molecule has 0 radical (unpaired) electrons. The molecule has 0 bridgehead atoms. The highest BCUT2D eigenvalue weighted by atomic mass is 16.7. The Bertz CT molecular complexity index is 1430. The number of rotatable bonds is 10. The highest BCUT2D eigenvalue weighted by molar-refractivity contribution is 5.70. The first-order valence-corrected chi connectivity index (χ1v) is 22.1. The van der Waals surface area contributed by atoms with Gasteiger partial charge in [0.15, 0.2) is 18.9 Å². The largest absolute Gasteiger partial charge is 0.462 e. The molecule has 4 aliphatic heterocycles. The molecule has 0 aromatic heterocycles. The molecule has 0 aromatic carbocycles. The van der Waals surface area contributed by atoms with Crippen LogP contribution in [0.15, 0.2) is 23.8 Å². The van der Waals surface area contributed by atoms with E-state index in [1.54, 1.807) is 39.8 Å². The van der Waals surface area contributed by atoms with Crippen LogP contribution < -0.4 is 0 Å². The number of cyclic esters (lactones) is 1. The van der Waals surface area contributed by atoms with Crippen LogP contribution in [0, 0.1) is 23.7 Å². The summed E-state index contributed by atoms with van der Waals surface area (Å²) < 4.78 is 44.4. The van der Waals surface area contributed by atoms with Gasteiger partial charge in [0.1, 0.15) is 30.7 Å². The van der Waals surface area contributed by atoms with Crippen LogP contribution in [0.25, 0.3) is 0 Å². The highest BCUT2D eigenvalue weighted by Gasteiger charge is 2.51. The zero-order valence-electron chi connectivity index (χ0n) is 38.4. The van der Waals surface area contributed by atoms with Gasteiger partial charge in [0.05, 0.1) is 54.7 Å². The monoisotopic (exact) mass is 855 g/mol. The van der Waals surface area contributed by atoms with Gasteiger partial charge in [-0.3, -0.25) is 4.79 Å². The van der Waals surface area contributed by atoms with Gasteiger partial charge in [-0.25, -0.2) is 0 Å². The Morgan fingerprint density at radius 3 is 2.13 bits per heavy atom. The topological polar surface area (TPSA) is 186 Å². The van der Waals surface area contributed by atoms with Gasteiger partial charge in [0.2, 0.25) is 0 Å². The molecular weight excluding hydrogens is 776 g/mol. The van der Waals surface area contributed by atoms with E-state index in [-0.39, 0.29) is 43.2 Å². The zero-order chi connectivity index (χ0) is 44.8. The molecule has 0 amide bonds. The van der Waals surface area contributed by atoms with Gasteiger partial charge in [-0.15, -0.1) is 0 Å². The minimum Gasteiger partial charge on any atom is -0.462 e. The third-order valence-corrected chi connectivity index (χ3v) is 13.2. The number of carbonyl (C=O) groups excluding carboxylic acids is 2. The van der Waals surface area contributed by atoms with Crippen molar-refractivity contribution in [2.45, 2.75) is 198 Å².